The van der Waals surface area contributed by atoms with E-state index in [1.54, 1.807) is 0 Å². The predicted molar refractivity (Wildman–Crippen MR) is 222 cm³/mol. The van der Waals surface area contributed by atoms with E-state index in [2.05, 4.69) is 195 Å². The fourth-order valence-electron chi connectivity index (χ4n) is 10.4. The van der Waals surface area contributed by atoms with Crippen molar-refractivity contribution in [1.29, 1.82) is 0 Å². The number of fused-ring (bicyclic) bond motifs is 15. The summed E-state index contributed by atoms with van der Waals surface area (Å²) in [6.45, 7) is 2.42. The van der Waals surface area contributed by atoms with Crippen LogP contribution in [0.25, 0.3) is 54.9 Å². The van der Waals surface area contributed by atoms with Gasteiger partial charge in [-0.25, -0.2) is 0 Å². The normalized spacial score (nSPS) is 16.6. The molecule has 54 heavy (non-hydrogen) atoms. The molecule has 0 bridgehead atoms. The first-order valence-corrected chi connectivity index (χ1v) is 18.9. The van der Waals surface area contributed by atoms with E-state index in [0.29, 0.717) is 0 Å². The van der Waals surface area contributed by atoms with E-state index in [1.807, 2.05) is 0 Å². The maximum absolute atomic E-state index is 6.94. The topological polar surface area (TPSA) is 9.23 Å². The van der Waals surface area contributed by atoms with Crippen molar-refractivity contribution < 1.29 is 4.74 Å². The van der Waals surface area contributed by atoms with Crippen LogP contribution in [0.15, 0.2) is 188 Å². The van der Waals surface area contributed by atoms with E-state index in [-0.39, 0.29) is 5.41 Å². The first-order chi connectivity index (χ1) is 26.6. The van der Waals surface area contributed by atoms with Gasteiger partial charge in [0.1, 0.15) is 11.5 Å². The highest BCUT2D eigenvalue weighted by molar-refractivity contribution is 5.99. The van der Waals surface area contributed by atoms with Crippen molar-refractivity contribution in [3.63, 3.8) is 0 Å². The maximum Gasteiger partial charge on any atom is 0.132 e. The summed E-state index contributed by atoms with van der Waals surface area (Å²) >= 11 is 0. The summed E-state index contributed by atoms with van der Waals surface area (Å²) < 4.78 is 6.94. The Morgan fingerprint density at radius 2 is 0.926 bits per heavy atom. The van der Waals surface area contributed by atoms with Gasteiger partial charge in [0.25, 0.3) is 0 Å². The highest BCUT2D eigenvalue weighted by Crippen LogP contribution is 2.63. The van der Waals surface area contributed by atoms with Crippen molar-refractivity contribution in [3.8, 4) is 44.9 Å². The van der Waals surface area contributed by atoms with Crippen LogP contribution in [0.3, 0.4) is 0 Å². The molecular weight excluding hydrogens is 653 g/mol. The van der Waals surface area contributed by atoms with E-state index < -0.39 is 5.41 Å². The second-order valence-electron chi connectivity index (χ2n) is 15.3. The third-order valence-electron chi connectivity index (χ3n) is 12.8. The van der Waals surface area contributed by atoms with Crippen LogP contribution in [-0.2, 0) is 10.8 Å². The fraction of sp³-hybridized carbons (Fsp3) is 0.0566. The Balaban J connectivity index is 1.12. The van der Waals surface area contributed by atoms with Gasteiger partial charge in [0.05, 0.1) is 5.41 Å². The molecule has 1 atom stereocenters. The zero-order chi connectivity index (χ0) is 35.6. The number of hydrogen-bond donors (Lipinski definition) is 0. The Labute approximate surface area is 314 Å². The smallest absolute Gasteiger partial charge is 0.132 e. The highest BCUT2D eigenvalue weighted by Gasteiger charge is 2.51. The molecule has 1 nitrogen and oxygen atoms in total. The van der Waals surface area contributed by atoms with Gasteiger partial charge < -0.3 is 4.74 Å². The Morgan fingerprint density at radius 3 is 1.69 bits per heavy atom. The molecule has 9 aromatic carbocycles. The molecule has 9 aromatic rings. The van der Waals surface area contributed by atoms with E-state index >= 15 is 0 Å². The first kappa shape index (κ1) is 29.8. The standard InChI is InChI=1S/C53H34O/c1-52(38-16-3-2-4-17-38)46-29-36(24-26-42(46)43-27-23-33-13-7-8-18-39(33)51(43)52)37-25-28-49-47(31-37)53(48-30-34-14-5-6-15-35(34)32-50(48)54-49)44-21-11-9-19-40(44)41-20-10-12-22-45(41)53/h2-32H,1H3. The maximum atomic E-state index is 6.94. The highest BCUT2D eigenvalue weighted by atomic mass is 16.5. The lowest BCUT2D eigenvalue weighted by Crippen LogP contribution is -2.32. The molecule has 2 aliphatic carbocycles. The van der Waals surface area contributed by atoms with Gasteiger partial charge in [-0.15, -0.1) is 0 Å². The molecule has 0 saturated heterocycles. The molecule has 1 unspecified atom stereocenters. The van der Waals surface area contributed by atoms with Crippen molar-refractivity contribution in [2.24, 2.45) is 0 Å². The number of ether oxygens (including phenoxy) is 1. The zero-order valence-electron chi connectivity index (χ0n) is 29.8. The van der Waals surface area contributed by atoms with E-state index in [9.17, 15) is 0 Å². The van der Waals surface area contributed by atoms with Gasteiger partial charge in [-0.1, -0.05) is 158 Å². The van der Waals surface area contributed by atoms with Crippen molar-refractivity contribution in [2.75, 3.05) is 0 Å². The fourth-order valence-corrected chi connectivity index (χ4v) is 10.4. The summed E-state index contributed by atoms with van der Waals surface area (Å²) in [5, 5.41) is 4.99. The van der Waals surface area contributed by atoms with Crippen molar-refractivity contribution in [1.82, 2.24) is 0 Å². The van der Waals surface area contributed by atoms with E-state index in [0.717, 1.165) is 11.5 Å². The first-order valence-electron chi connectivity index (χ1n) is 18.9. The summed E-state index contributed by atoms with van der Waals surface area (Å²) in [7, 11) is 0. The molecular formula is C53H34O. The SMILES string of the molecule is CC1(c2ccccc2)c2cc(-c3ccc4c(c3)C3(c5cc6ccccc6cc5O4)c4ccccc4-c4ccccc43)ccc2-c2ccc3ccccc3c21. The second-order valence-corrected chi connectivity index (χ2v) is 15.3. The van der Waals surface area contributed by atoms with Crippen molar-refractivity contribution in [3.05, 3.63) is 227 Å². The van der Waals surface area contributed by atoms with Crippen LogP contribution in [0.1, 0.15) is 45.9 Å². The average molecular weight is 687 g/mol. The number of hydrogen-bond acceptors (Lipinski definition) is 1. The molecule has 0 aromatic heterocycles. The van der Waals surface area contributed by atoms with Gasteiger partial charge in [-0.2, -0.15) is 0 Å². The van der Waals surface area contributed by atoms with Gasteiger partial charge >= 0.3 is 0 Å². The Kier molecular flexibility index (Phi) is 5.90. The van der Waals surface area contributed by atoms with Crippen LogP contribution in [0.2, 0.25) is 0 Å². The third kappa shape index (κ3) is 3.73. The van der Waals surface area contributed by atoms with Crippen molar-refractivity contribution >= 4 is 21.5 Å². The van der Waals surface area contributed by atoms with Crippen LogP contribution >= 0.6 is 0 Å². The molecule has 0 saturated carbocycles. The lowest BCUT2D eigenvalue weighted by Gasteiger charge is -2.40. The largest absolute Gasteiger partial charge is 0.457 e. The minimum absolute atomic E-state index is 0.329. The van der Waals surface area contributed by atoms with Crippen molar-refractivity contribution in [2.45, 2.75) is 17.8 Å². The Hall–Kier alpha value is -6.70. The predicted octanol–water partition coefficient (Wildman–Crippen LogP) is 13.5. The molecule has 1 heterocycles. The summed E-state index contributed by atoms with van der Waals surface area (Å²) in [5.74, 6) is 1.82. The van der Waals surface area contributed by atoms with Crippen LogP contribution < -0.4 is 4.74 Å². The van der Waals surface area contributed by atoms with Crippen LogP contribution in [0, 0.1) is 0 Å². The number of rotatable bonds is 2. The molecule has 1 heteroatoms. The lowest BCUT2D eigenvalue weighted by molar-refractivity contribution is 0.437. The Bertz CT molecular complexity index is 3000. The van der Waals surface area contributed by atoms with Crippen LogP contribution in [0.4, 0.5) is 0 Å². The third-order valence-corrected chi connectivity index (χ3v) is 12.8. The summed E-state index contributed by atoms with van der Waals surface area (Å²) in [6.07, 6.45) is 0. The monoisotopic (exact) mass is 686 g/mol. The summed E-state index contributed by atoms with van der Waals surface area (Å²) in [4.78, 5) is 0. The second kappa shape index (κ2) is 10.7. The van der Waals surface area contributed by atoms with Gasteiger partial charge in [-0.05, 0) is 120 Å². The molecule has 1 aliphatic heterocycles. The molecule has 0 radical (unpaired) electrons. The molecule has 0 fully saturated rings. The quantitative estimate of drug-likeness (QED) is 0.176. The molecule has 12 rings (SSSR count). The molecule has 0 N–H and O–H groups in total. The van der Waals surface area contributed by atoms with Gasteiger partial charge in [0.15, 0.2) is 0 Å². The molecule has 252 valence electrons. The van der Waals surface area contributed by atoms with E-state index in [4.69, 9.17) is 4.74 Å². The minimum atomic E-state index is -0.541. The lowest BCUT2D eigenvalue weighted by atomic mass is 9.65. The zero-order valence-corrected chi connectivity index (χ0v) is 29.8. The summed E-state index contributed by atoms with van der Waals surface area (Å²) in [6, 6.07) is 69.8. The molecule has 3 aliphatic rings. The average Bonchev–Trinajstić information content (AvgIpc) is 3.68. The van der Waals surface area contributed by atoms with Crippen LogP contribution in [-0.4, -0.2) is 0 Å². The summed E-state index contributed by atoms with van der Waals surface area (Å²) in [5.41, 5.74) is 15.7. The van der Waals surface area contributed by atoms with E-state index in [1.165, 1.54) is 93.9 Å². The minimum Gasteiger partial charge on any atom is -0.457 e. The van der Waals surface area contributed by atoms with Gasteiger partial charge in [-0.3, -0.25) is 0 Å². The van der Waals surface area contributed by atoms with Gasteiger partial charge in [0.2, 0.25) is 0 Å². The van der Waals surface area contributed by atoms with Crippen LogP contribution in [0.5, 0.6) is 11.5 Å². The molecule has 1 spiro atoms. The number of benzene rings is 9. The molecule has 0 amide bonds. The van der Waals surface area contributed by atoms with Gasteiger partial charge in [0, 0.05) is 16.5 Å². The Morgan fingerprint density at radius 1 is 0.370 bits per heavy atom.